The molecule has 0 aromatic carbocycles. The van der Waals surface area contributed by atoms with Crippen LogP contribution < -0.4 is 5.73 Å². The lowest BCUT2D eigenvalue weighted by atomic mass is 9.95. The Balaban J connectivity index is 1.95. The highest BCUT2D eigenvalue weighted by molar-refractivity contribution is 7.15. The zero-order chi connectivity index (χ0) is 10.9. The van der Waals surface area contributed by atoms with Gasteiger partial charge in [0.15, 0.2) is 5.13 Å². The molecule has 1 unspecified atom stereocenters. The zero-order valence-corrected chi connectivity index (χ0v) is 9.76. The van der Waals surface area contributed by atoms with Crippen LogP contribution in [0.4, 0.5) is 5.13 Å². The van der Waals surface area contributed by atoms with Gasteiger partial charge >= 0.3 is 0 Å². The summed E-state index contributed by atoms with van der Waals surface area (Å²) in [7, 11) is 0. The number of β-amino-alcohol motifs (C(OH)–C–C–N with tert-alkyl or cyclic N) is 1. The molecule has 1 saturated heterocycles. The average Bonchev–Trinajstić information content (AvgIpc) is 2.49. The number of likely N-dealkylation sites (tertiary alicyclic amines) is 1. The first kappa shape index (κ1) is 10.9. The summed E-state index contributed by atoms with van der Waals surface area (Å²) in [6.07, 6.45) is 3.78. The number of aliphatic hydroxyl groups is 1. The van der Waals surface area contributed by atoms with Crippen LogP contribution in [0.1, 0.15) is 24.6 Å². The van der Waals surface area contributed by atoms with Crippen molar-refractivity contribution in [1.29, 1.82) is 0 Å². The molecule has 0 bridgehead atoms. The highest BCUT2D eigenvalue weighted by atomic mass is 32.1. The number of nitrogens with two attached hydrogens (primary N) is 1. The van der Waals surface area contributed by atoms with Crippen molar-refractivity contribution in [3.05, 3.63) is 11.1 Å². The van der Waals surface area contributed by atoms with Gasteiger partial charge in [-0.3, -0.25) is 4.90 Å². The normalized spacial score (nSPS) is 28.1. The van der Waals surface area contributed by atoms with Crippen molar-refractivity contribution in [2.24, 2.45) is 0 Å². The van der Waals surface area contributed by atoms with E-state index in [1.807, 2.05) is 13.1 Å². The van der Waals surface area contributed by atoms with Crippen molar-refractivity contribution < 1.29 is 5.11 Å². The van der Waals surface area contributed by atoms with E-state index >= 15 is 0 Å². The Morgan fingerprint density at radius 3 is 3.13 bits per heavy atom. The van der Waals surface area contributed by atoms with Crippen LogP contribution in [0.3, 0.4) is 0 Å². The van der Waals surface area contributed by atoms with Gasteiger partial charge in [0.1, 0.15) is 0 Å². The molecule has 1 fully saturated rings. The minimum Gasteiger partial charge on any atom is -0.389 e. The van der Waals surface area contributed by atoms with E-state index in [0.717, 1.165) is 32.5 Å². The summed E-state index contributed by atoms with van der Waals surface area (Å²) in [6.45, 7) is 4.55. The first-order chi connectivity index (χ1) is 7.05. The number of nitrogens with zero attached hydrogens (tertiary/aromatic N) is 2. The number of hydrogen-bond donors (Lipinski definition) is 2. The molecule has 5 heteroatoms. The molecule has 84 valence electrons. The molecule has 0 aliphatic carbocycles. The number of hydrogen-bond acceptors (Lipinski definition) is 5. The van der Waals surface area contributed by atoms with E-state index in [9.17, 15) is 5.11 Å². The second-order valence-corrected chi connectivity index (χ2v) is 5.62. The Labute approximate surface area is 93.7 Å². The summed E-state index contributed by atoms with van der Waals surface area (Å²) < 4.78 is 0. The van der Waals surface area contributed by atoms with Gasteiger partial charge in [0.2, 0.25) is 0 Å². The predicted molar refractivity (Wildman–Crippen MR) is 61.7 cm³/mol. The number of piperidine rings is 1. The lowest BCUT2D eigenvalue weighted by molar-refractivity contribution is -0.0178. The van der Waals surface area contributed by atoms with Crippen LogP contribution >= 0.6 is 11.3 Å². The minimum absolute atomic E-state index is 0.533. The lowest BCUT2D eigenvalue weighted by Gasteiger charge is -2.36. The van der Waals surface area contributed by atoms with E-state index in [-0.39, 0.29) is 0 Å². The molecule has 2 rings (SSSR count). The first-order valence-electron chi connectivity index (χ1n) is 5.20. The van der Waals surface area contributed by atoms with E-state index in [1.54, 1.807) is 0 Å². The summed E-state index contributed by atoms with van der Waals surface area (Å²) in [5.41, 5.74) is 5.04. The van der Waals surface area contributed by atoms with Crippen molar-refractivity contribution in [3.63, 3.8) is 0 Å². The fraction of sp³-hybridized carbons (Fsp3) is 0.700. The molecule has 3 N–H and O–H groups in total. The molecule has 0 spiro atoms. The van der Waals surface area contributed by atoms with E-state index in [2.05, 4.69) is 9.88 Å². The Hall–Kier alpha value is -0.650. The zero-order valence-electron chi connectivity index (χ0n) is 8.94. The number of rotatable bonds is 2. The van der Waals surface area contributed by atoms with E-state index in [4.69, 9.17) is 5.73 Å². The van der Waals surface area contributed by atoms with Gasteiger partial charge in [-0.2, -0.15) is 0 Å². The fourth-order valence-corrected chi connectivity index (χ4v) is 2.80. The standard InChI is InChI=1S/C10H17N3OS/c1-10(14)3-2-4-13(7-10)6-8-5-12-9(11)15-8/h5,14H,2-4,6-7H2,1H3,(H2,11,12). The fourth-order valence-electron chi connectivity index (χ4n) is 2.07. The maximum atomic E-state index is 9.95. The SMILES string of the molecule is CC1(O)CCCN(Cc2cnc(N)s2)C1. The molecule has 0 saturated carbocycles. The number of nitrogen functional groups attached to an aromatic ring is 1. The monoisotopic (exact) mass is 227 g/mol. The van der Waals surface area contributed by atoms with Crippen LogP contribution in [0.15, 0.2) is 6.20 Å². The summed E-state index contributed by atoms with van der Waals surface area (Å²) in [4.78, 5) is 7.46. The van der Waals surface area contributed by atoms with Crippen molar-refractivity contribution in [2.75, 3.05) is 18.8 Å². The lowest BCUT2D eigenvalue weighted by Crippen LogP contribution is -2.45. The highest BCUT2D eigenvalue weighted by Crippen LogP contribution is 2.23. The molecule has 4 nitrogen and oxygen atoms in total. The largest absolute Gasteiger partial charge is 0.389 e. The van der Waals surface area contributed by atoms with E-state index in [0.29, 0.717) is 5.13 Å². The molecule has 1 atom stereocenters. The maximum Gasteiger partial charge on any atom is 0.180 e. The Morgan fingerprint density at radius 2 is 2.53 bits per heavy atom. The minimum atomic E-state index is -0.533. The molecule has 1 aromatic rings. The molecule has 1 aliphatic heterocycles. The Bertz CT molecular complexity index is 337. The second kappa shape index (κ2) is 4.08. The van der Waals surface area contributed by atoms with Gasteiger partial charge in [-0.15, -0.1) is 11.3 Å². The quantitative estimate of drug-likeness (QED) is 0.793. The first-order valence-corrected chi connectivity index (χ1v) is 6.02. The Kier molecular flexibility index (Phi) is 2.95. The molecule has 1 aliphatic rings. The molecular weight excluding hydrogens is 210 g/mol. The second-order valence-electron chi connectivity index (χ2n) is 4.48. The topological polar surface area (TPSA) is 62.4 Å². The van der Waals surface area contributed by atoms with Crippen LogP contribution in [0.5, 0.6) is 0 Å². The maximum absolute atomic E-state index is 9.95. The van der Waals surface area contributed by atoms with Gasteiger partial charge in [-0.1, -0.05) is 0 Å². The van der Waals surface area contributed by atoms with Gasteiger partial charge in [0.25, 0.3) is 0 Å². The smallest absolute Gasteiger partial charge is 0.180 e. The van der Waals surface area contributed by atoms with Crippen LogP contribution in [0.25, 0.3) is 0 Å². The van der Waals surface area contributed by atoms with Crippen molar-refractivity contribution in [1.82, 2.24) is 9.88 Å². The number of aromatic nitrogens is 1. The number of anilines is 1. The van der Waals surface area contributed by atoms with Crippen LogP contribution in [0, 0.1) is 0 Å². The Morgan fingerprint density at radius 1 is 1.73 bits per heavy atom. The van der Waals surface area contributed by atoms with Crippen molar-refractivity contribution in [3.8, 4) is 0 Å². The van der Waals surface area contributed by atoms with Gasteiger partial charge in [-0.25, -0.2) is 4.98 Å². The predicted octanol–water partition coefficient (Wildman–Crippen LogP) is 1.07. The van der Waals surface area contributed by atoms with Crippen LogP contribution in [0.2, 0.25) is 0 Å². The third-order valence-corrected chi connectivity index (χ3v) is 3.52. The van der Waals surface area contributed by atoms with Crippen LogP contribution in [-0.2, 0) is 6.54 Å². The summed E-state index contributed by atoms with van der Waals surface area (Å²) in [5, 5.41) is 10.6. The van der Waals surface area contributed by atoms with Gasteiger partial charge in [0, 0.05) is 24.2 Å². The summed E-state index contributed by atoms with van der Waals surface area (Å²) >= 11 is 1.52. The average molecular weight is 227 g/mol. The molecular formula is C10H17N3OS. The summed E-state index contributed by atoms with van der Waals surface area (Å²) in [6, 6.07) is 0. The molecule has 2 heterocycles. The van der Waals surface area contributed by atoms with E-state index < -0.39 is 5.60 Å². The molecule has 0 radical (unpaired) electrons. The van der Waals surface area contributed by atoms with Gasteiger partial charge in [0.05, 0.1) is 5.60 Å². The third kappa shape index (κ3) is 2.90. The molecule has 0 amide bonds. The molecule has 1 aromatic heterocycles. The van der Waals surface area contributed by atoms with Crippen LogP contribution in [-0.4, -0.2) is 33.7 Å². The van der Waals surface area contributed by atoms with Crippen molar-refractivity contribution >= 4 is 16.5 Å². The highest BCUT2D eigenvalue weighted by Gasteiger charge is 2.28. The van der Waals surface area contributed by atoms with Gasteiger partial charge < -0.3 is 10.8 Å². The third-order valence-electron chi connectivity index (χ3n) is 2.70. The van der Waals surface area contributed by atoms with Gasteiger partial charge in [-0.05, 0) is 26.3 Å². The molecule has 15 heavy (non-hydrogen) atoms. The number of thiazole rings is 1. The van der Waals surface area contributed by atoms with Crippen molar-refractivity contribution in [2.45, 2.75) is 31.9 Å². The summed E-state index contributed by atoms with van der Waals surface area (Å²) in [5.74, 6) is 0. The van der Waals surface area contributed by atoms with E-state index in [1.165, 1.54) is 16.2 Å².